The van der Waals surface area contributed by atoms with Gasteiger partial charge in [-0.05, 0) is 73.5 Å². The largest absolute Gasteiger partial charge is 0.484 e. The highest BCUT2D eigenvalue weighted by atomic mass is 32.2. The molecule has 3 aromatic carbocycles. The Morgan fingerprint density at radius 2 is 1.69 bits per heavy atom. The molecule has 0 bridgehead atoms. The van der Waals surface area contributed by atoms with Crippen LogP contribution in [0.1, 0.15) is 11.1 Å². The zero-order valence-electron chi connectivity index (χ0n) is 20.1. The van der Waals surface area contributed by atoms with Crippen molar-refractivity contribution in [2.75, 3.05) is 29.9 Å². The van der Waals surface area contributed by atoms with Crippen LogP contribution in [0, 0.1) is 13.8 Å². The van der Waals surface area contributed by atoms with E-state index in [9.17, 15) is 18.0 Å². The molecular weight excluding hydrogens is 484 g/mol. The Kier molecular flexibility index (Phi) is 7.16. The Morgan fingerprint density at radius 1 is 1.03 bits per heavy atom. The van der Waals surface area contributed by atoms with Gasteiger partial charge in [0.05, 0.1) is 24.2 Å². The number of methoxy groups -OCH3 is 1. The first-order valence-electron chi connectivity index (χ1n) is 11.1. The van der Waals surface area contributed by atoms with Gasteiger partial charge in [-0.2, -0.15) is 0 Å². The van der Waals surface area contributed by atoms with E-state index in [0.29, 0.717) is 22.9 Å². The Hall–Kier alpha value is -4.05. The molecule has 0 saturated carbocycles. The van der Waals surface area contributed by atoms with E-state index in [1.165, 1.54) is 36.3 Å². The molecule has 0 aliphatic carbocycles. The number of amides is 1. The number of anilines is 2. The van der Waals surface area contributed by atoms with E-state index in [1.54, 1.807) is 36.4 Å². The summed E-state index contributed by atoms with van der Waals surface area (Å²) < 4.78 is 44.2. The zero-order chi connectivity index (χ0) is 25.9. The molecule has 10 heteroatoms. The lowest BCUT2D eigenvalue weighted by Gasteiger charge is -2.33. The standard InChI is InChI=1S/C26H26N2O7S/c1-17-12-18(2)14-19(13-17)27-36(31,32)21-10-8-20(9-11-21)34-16-25(29)28-15-24(26(30)33-3)35-23-7-5-4-6-22(23)28/h4-14,24,27H,15-16H2,1-3H3. The number of ether oxygens (including phenoxy) is 3. The Balaban J connectivity index is 1.43. The lowest BCUT2D eigenvalue weighted by atomic mass is 10.1. The summed E-state index contributed by atoms with van der Waals surface area (Å²) in [7, 11) is -2.55. The molecule has 1 atom stereocenters. The zero-order valence-corrected chi connectivity index (χ0v) is 20.9. The molecule has 0 radical (unpaired) electrons. The molecule has 1 aliphatic heterocycles. The maximum absolute atomic E-state index is 13.0. The average Bonchev–Trinajstić information content (AvgIpc) is 2.85. The number of nitrogens with zero attached hydrogens (tertiary/aromatic N) is 1. The van der Waals surface area contributed by atoms with E-state index in [-0.39, 0.29) is 18.0 Å². The van der Waals surface area contributed by atoms with Gasteiger partial charge in [0, 0.05) is 5.69 Å². The van der Waals surface area contributed by atoms with Crippen molar-refractivity contribution in [3.8, 4) is 11.5 Å². The first kappa shape index (κ1) is 25.1. The average molecular weight is 511 g/mol. The predicted molar refractivity (Wildman–Crippen MR) is 134 cm³/mol. The first-order valence-corrected chi connectivity index (χ1v) is 12.6. The summed E-state index contributed by atoms with van der Waals surface area (Å²) in [4.78, 5) is 26.4. The third-order valence-electron chi connectivity index (χ3n) is 5.51. The van der Waals surface area contributed by atoms with Crippen LogP contribution in [0.3, 0.4) is 0 Å². The van der Waals surface area contributed by atoms with Crippen molar-refractivity contribution < 1.29 is 32.2 Å². The lowest BCUT2D eigenvalue weighted by Crippen LogP contribution is -2.48. The summed E-state index contributed by atoms with van der Waals surface area (Å²) >= 11 is 0. The fraction of sp³-hybridized carbons (Fsp3) is 0.231. The van der Waals surface area contributed by atoms with Crippen molar-refractivity contribution in [2.45, 2.75) is 24.8 Å². The van der Waals surface area contributed by atoms with E-state index >= 15 is 0 Å². The van der Waals surface area contributed by atoms with Gasteiger partial charge in [-0.25, -0.2) is 13.2 Å². The SMILES string of the molecule is COC(=O)C1CN(C(=O)COc2ccc(S(=O)(=O)Nc3cc(C)cc(C)c3)cc2)c2ccccc2O1. The van der Waals surface area contributed by atoms with Gasteiger partial charge in [0.2, 0.25) is 6.10 Å². The van der Waals surface area contributed by atoms with Gasteiger partial charge in [0.1, 0.15) is 11.5 Å². The van der Waals surface area contributed by atoms with Crippen LogP contribution < -0.4 is 19.1 Å². The maximum Gasteiger partial charge on any atom is 0.348 e. The summed E-state index contributed by atoms with van der Waals surface area (Å²) in [5.74, 6) is -0.277. The minimum absolute atomic E-state index is 0.0207. The number of rotatable bonds is 7. The van der Waals surface area contributed by atoms with Crippen molar-refractivity contribution >= 4 is 33.3 Å². The van der Waals surface area contributed by atoms with Gasteiger partial charge in [0.25, 0.3) is 15.9 Å². The van der Waals surface area contributed by atoms with Crippen LogP contribution in [0.15, 0.2) is 71.6 Å². The minimum atomic E-state index is -3.80. The second-order valence-electron chi connectivity index (χ2n) is 8.34. The molecule has 1 N–H and O–H groups in total. The number of hydrogen-bond acceptors (Lipinski definition) is 7. The molecule has 36 heavy (non-hydrogen) atoms. The summed E-state index contributed by atoms with van der Waals surface area (Å²) in [6, 6.07) is 18.1. The predicted octanol–water partition coefficient (Wildman–Crippen LogP) is 3.45. The number of aryl methyl sites for hydroxylation is 2. The number of sulfonamides is 1. The smallest absolute Gasteiger partial charge is 0.348 e. The highest BCUT2D eigenvalue weighted by molar-refractivity contribution is 7.92. The van der Waals surface area contributed by atoms with Gasteiger partial charge in [-0.15, -0.1) is 0 Å². The van der Waals surface area contributed by atoms with Gasteiger partial charge < -0.3 is 19.1 Å². The van der Waals surface area contributed by atoms with Crippen molar-refractivity contribution in [3.63, 3.8) is 0 Å². The van der Waals surface area contributed by atoms with E-state index in [0.717, 1.165) is 11.1 Å². The summed E-state index contributed by atoms with van der Waals surface area (Å²) in [6.07, 6.45) is -0.956. The monoisotopic (exact) mass is 510 g/mol. The van der Waals surface area contributed by atoms with E-state index in [2.05, 4.69) is 4.72 Å². The number of nitrogens with one attached hydrogen (secondary N) is 1. The molecule has 188 valence electrons. The molecule has 1 unspecified atom stereocenters. The van der Waals surface area contributed by atoms with Gasteiger partial charge in [-0.3, -0.25) is 9.52 Å². The number of carbonyl (C=O) groups excluding carboxylic acids is 2. The normalized spacial score (nSPS) is 14.9. The van der Waals surface area contributed by atoms with Crippen LogP contribution in [-0.4, -0.2) is 46.7 Å². The molecule has 3 aromatic rings. The number of esters is 1. The van der Waals surface area contributed by atoms with Crippen molar-refractivity contribution in [3.05, 3.63) is 77.9 Å². The number of hydrogen-bond donors (Lipinski definition) is 1. The van der Waals surface area contributed by atoms with E-state index < -0.39 is 28.0 Å². The molecule has 0 spiro atoms. The fourth-order valence-electron chi connectivity index (χ4n) is 3.91. The van der Waals surface area contributed by atoms with E-state index in [1.807, 2.05) is 19.9 Å². The Labute approximate surface area is 209 Å². The van der Waals surface area contributed by atoms with Crippen LogP contribution >= 0.6 is 0 Å². The molecule has 1 amide bonds. The number of carbonyl (C=O) groups is 2. The third-order valence-corrected chi connectivity index (χ3v) is 6.91. The molecular formula is C26H26N2O7S. The van der Waals surface area contributed by atoms with Crippen LogP contribution in [0.5, 0.6) is 11.5 Å². The highest BCUT2D eigenvalue weighted by Crippen LogP contribution is 2.33. The molecule has 4 rings (SSSR count). The Bertz CT molecular complexity index is 1370. The van der Waals surface area contributed by atoms with Crippen LogP contribution in [0.25, 0.3) is 0 Å². The molecule has 1 heterocycles. The minimum Gasteiger partial charge on any atom is -0.484 e. The number of para-hydroxylation sites is 2. The molecule has 0 aromatic heterocycles. The second-order valence-corrected chi connectivity index (χ2v) is 10.0. The van der Waals surface area contributed by atoms with Crippen molar-refractivity contribution in [1.82, 2.24) is 0 Å². The van der Waals surface area contributed by atoms with Crippen molar-refractivity contribution in [1.29, 1.82) is 0 Å². The molecule has 0 fully saturated rings. The van der Waals surface area contributed by atoms with Crippen LogP contribution in [0.4, 0.5) is 11.4 Å². The van der Waals surface area contributed by atoms with Crippen LogP contribution in [0.2, 0.25) is 0 Å². The molecule has 0 saturated heterocycles. The van der Waals surface area contributed by atoms with Gasteiger partial charge in [-0.1, -0.05) is 18.2 Å². The third kappa shape index (κ3) is 5.60. The fourth-order valence-corrected chi connectivity index (χ4v) is 4.95. The summed E-state index contributed by atoms with van der Waals surface area (Å²) in [6.45, 7) is 3.44. The van der Waals surface area contributed by atoms with E-state index in [4.69, 9.17) is 14.2 Å². The number of benzene rings is 3. The molecule has 9 nitrogen and oxygen atoms in total. The van der Waals surface area contributed by atoms with Crippen LogP contribution in [-0.2, 0) is 24.3 Å². The van der Waals surface area contributed by atoms with Gasteiger partial charge in [0.15, 0.2) is 6.61 Å². The Morgan fingerprint density at radius 3 is 2.36 bits per heavy atom. The first-order chi connectivity index (χ1) is 17.2. The van der Waals surface area contributed by atoms with Crippen molar-refractivity contribution in [2.24, 2.45) is 0 Å². The highest BCUT2D eigenvalue weighted by Gasteiger charge is 2.34. The topological polar surface area (TPSA) is 111 Å². The van der Waals surface area contributed by atoms with Gasteiger partial charge >= 0.3 is 5.97 Å². The second kappa shape index (κ2) is 10.3. The number of fused-ring (bicyclic) bond motifs is 1. The quantitative estimate of drug-likeness (QED) is 0.485. The summed E-state index contributed by atoms with van der Waals surface area (Å²) in [5, 5.41) is 0. The maximum atomic E-state index is 13.0. The lowest BCUT2D eigenvalue weighted by molar-refractivity contribution is -0.148. The molecule has 1 aliphatic rings. The summed E-state index contributed by atoms with van der Waals surface area (Å²) in [5.41, 5.74) is 2.89.